The number of aliphatic hydroxyl groups is 1. The van der Waals surface area contributed by atoms with Crippen LogP contribution >= 0.6 is 0 Å². The number of anilines is 1. The Morgan fingerprint density at radius 1 is 0.947 bits per heavy atom. The number of piperazine rings is 1. The molecule has 194 valence electrons. The van der Waals surface area contributed by atoms with E-state index in [-0.39, 0.29) is 11.9 Å². The number of benzene rings is 1. The van der Waals surface area contributed by atoms with Gasteiger partial charge in [-0.05, 0) is 42.8 Å². The molecule has 3 N–H and O–H groups in total. The summed E-state index contributed by atoms with van der Waals surface area (Å²) < 4.78 is 1.87. The van der Waals surface area contributed by atoms with Gasteiger partial charge in [-0.1, -0.05) is 12.1 Å². The number of β-amino-alcohol motifs (C(OH)–C–C–N with tert-alkyl or cyclic N) is 1. The maximum absolute atomic E-state index is 9.74. The standard InChI is InChI=1S/C29H31N7O2/c1-20(37)17-34-7-9-35(10-8-34)28-6-5-22(13-30-28)23-12-26-27(16-32-29(26)31-14-23)24-15-33-36(19-24)18-21-3-2-4-25(38)11-21/h2-6,11-16,19-20,37-38H,7-10,17-18H2,1H3,(H,31,32)/t20-/m0/s1. The lowest BCUT2D eigenvalue weighted by molar-refractivity contribution is 0.122. The molecule has 1 fully saturated rings. The molecule has 1 atom stereocenters. The Morgan fingerprint density at radius 2 is 1.79 bits per heavy atom. The Bertz CT molecular complexity index is 1530. The number of nitrogens with zero attached hydrogens (tertiary/aromatic N) is 6. The first kappa shape index (κ1) is 24.1. The molecule has 1 saturated heterocycles. The topological polar surface area (TPSA) is 106 Å². The fourth-order valence-electron chi connectivity index (χ4n) is 5.11. The van der Waals surface area contributed by atoms with E-state index in [1.165, 1.54) is 0 Å². The van der Waals surface area contributed by atoms with Gasteiger partial charge in [-0.15, -0.1) is 0 Å². The Kier molecular flexibility index (Phi) is 6.53. The number of aromatic amines is 1. The summed E-state index contributed by atoms with van der Waals surface area (Å²) in [5.41, 5.74) is 5.87. The minimum Gasteiger partial charge on any atom is -0.508 e. The van der Waals surface area contributed by atoms with E-state index in [4.69, 9.17) is 4.98 Å². The predicted molar refractivity (Wildman–Crippen MR) is 148 cm³/mol. The van der Waals surface area contributed by atoms with Crippen LogP contribution < -0.4 is 4.90 Å². The van der Waals surface area contributed by atoms with E-state index < -0.39 is 0 Å². The molecule has 0 amide bonds. The molecule has 1 aliphatic rings. The number of nitrogens with one attached hydrogen (secondary N) is 1. The van der Waals surface area contributed by atoms with Crippen LogP contribution in [0.1, 0.15) is 12.5 Å². The molecule has 4 aromatic heterocycles. The Labute approximate surface area is 221 Å². The molecule has 5 aromatic rings. The van der Waals surface area contributed by atoms with Gasteiger partial charge >= 0.3 is 0 Å². The van der Waals surface area contributed by atoms with Crippen molar-refractivity contribution in [2.24, 2.45) is 0 Å². The van der Waals surface area contributed by atoms with Gasteiger partial charge in [0.1, 0.15) is 17.2 Å². The molecule has 9 heteroatoms. The van der Waals surface area contributed by atoms with E-state index in [0.717, 1.165) is 77.4 Å². The molecule has 0 bridgehead atoms. The summed E-state index contributed by atoms with van der Waals surface area (Å²) in [7, 11) is 0. The largest absolute Gasteiger partial charge is 0.508 e. The van der Waals surface area contributed by atoms with Gasteiger partial charge in [0.2, 0.25) is 0 Å². The van der Waals surface area contributed by atoms with E-state index in [1.54, 1.807) is 12.1 Å². The third-order valence-corrected chi connectivity index (χ3v) is 7.03. The number of phenols is 1. The van der Waals surface area contributed by atoms with Gasteiger partial charge in [0.25, 0.3) is 0 Å². The van der Waals surface area contributed by atoms with E-state index in [9.17, 15) is 10.2 Å². The van der Waals surface area contributed by atoms with Gasteiger partial charge in [0.05, 0.1) is 18.8 Å². The third-order valence-electron chi connectivity index (χ3n) is 7.03. The number of hydrogen-bond donors (Lipinski definition) is 3. The lowest BCUT2D eigenvalue weighted by atomic mass is 10.1. The monoisotopic (exact) mass is 509 g/mol. The number of phenolic OH excluding ortho intramolecular Hbond substituents is 1. The van der Waals surface area contributed by atoms with Crippen molar-refractivity contribution in [3.8, 4) is 28.0 Å². The second-order valence-electron chi connectivity index (χ2n) is 9.96. The van der Waals surface area contributed by atoms with Crippen molar-refractivity contribution < 1.29 is 10.2 Å². The number of fused-ring (bicyclic) bond motifs is 1. The van der Waals surface area contributed by atoms with Gasteiger partial charge in [0.15, 0.2) is 0 Å². The zero-order valence-corrected chi connectivity index (χ0v) is 21.3. The highest BCUT2D eigenvalue weighted by Gasteiger charge is 2.19. The number of pyridine rings is 2. The summed E-state index contributed by atoms with van der Waals surface area (Å²) >= 11 is 0. The molecule has 5 heterocycles. The Balaban J connectivity index is 1.19. The van der Waals surface area contributed by atoms with Crippen molar-refractivity contribution in [1.82, 2.24) is 29.6 Å². The Hall–Kier alpha value is -4.21. The second-order valence-corrected chi connectivity index (χ2v) is 9.96. The highest BCUT2D eigenvalue weighted by atomic mass is 16.3. The van der Waals surface area contributed by atoms with Crippen LogP contribution in [0.4, 0.5) is 5.82 Å². The van der Waals surface area contributed by atoms with Crippen LogP contribution in [0.5, 0.6) is 5.75 Å². The first-order valence-electron chi connectivity index (χ1n) is 12.9. The highest BCUT2D eigenvalue weighted by molar-refractivity contribution is 5.95. The fraction of sp³-hybridized carbons (Fsp3) is 0.276. The van der Waals surface area contributed by atoms with Crippen LogP contribution in [0.2, 0.25) is 0 Å². The van der Waals surface area contributed by atoms with E-state index in [2.05, 4.69) is 43.1 Å². The van der Waals surface area contributed by atoms with E-state index >= 15 is 0 Å². The molecule has 1 aromatic carbocycles. The second kappa shape index (κ2) is 10.3. The summed E-state index contributed by atoms with van der Waals surface area (Å²) in [6.07, 6.45) is 9.33. The summed E-state index contributed by atoms with van der Waals surface area (Å²) in [6.45, 7) is 6.78. The SMILES string of the molecule is C[C@H](O)CN1CCN(c2ccc(-c3cnc4[nH]cc(-c5cnn(Cc6cccc(O)c6)c5)c4c3)cn2)CC1. The number of rotatable bonds is 7. The van der Waals surface area contributed by atoms with Crippen LogP contribution in [0.25, 0.3) is 33.3 Å². The Morgan fingerprint density at radius 3 is 2.55 bits per heavy atom. The van der Waals surface area contributed by atoms with Gasteiger partial charge < -0.3 is 20.1 Å². The van der Waals surface area contributed by atoms with Crippen molar-refractivity contribution in [3.63, 3.8) is 0 Å². The van der Waals surface area contributed by atoms with Crippen LogP contribution in [-0.2, 0) is 6.54 Å². The minimum atomic E-state index is -0.300. The van der Waals surface area contributed by atoms with Crippen molar-refractivity contribution in [3.05, 3.63) is 79.0 Å². The zero-order valence-electron chi connectivity index (χ0n) is 21.3. The molecule has 1 aliphatic heterocycles. The quantitative estimate of drug-likeness (QED) is 0.307. The zero-order chi connectivity index (χ0) is 26.1. The molecule has 6 rings (SSSR count). The number of hydrogen-bond acceptors (Lipinski definition) is 7. The molecule has 0 saturated carbocycles. The predicted octanol–water partition coefficient (Wildman–Crippen LogP) is 3.75. The number of aromatic nitrogens is 5. The van der Waals surface area contributed by atoms with Crippen LogP contribution in [0.15, 0.2) is 73.4 Å². The van der Waals surface area contributed by atoms with Gasteiger partial charge in [-0.3, -0.25) is 9.58 Å². The highest BCUT2D eigenvalue weighted by Crippen LogP contribution is 2.31. The molecule has 0 spiro atoms. The molecule has 0 unspecified atom stereocenters. The maximum atomic E-state index is 9.74. The average Bonchev–Trinajstić information content (AvgIpc) is 3.55. The molecule has 38 heavy (non-hydrogen) atoms. The average molecular weight is 510 g/mol. The molecule has 0 aliphatic carbocycles. The summed E-state index contributed by atoms with van der Waals surface area (Å²) in [4.78, 5) is 17.3. The smallest absolute Gasteiger partial charge is 0.137 e. The van der Waals surface area contributed by atoms with E-state index in [1.807, 2.05) is 54.7 Å². The number of aromatic hydroxyl groups is 1. The van der Waals surface area contributed by atoms with Crippen LogP contribution in [-0.4, -0.2) is 78.7 Å². The first-order chi connectivity index (χ1) is 18.5. The molecule has 0 radical (unpaired) electrons. The minimum absolute atomic E-state index is 0.253. The van der Waals surface area contributed by atoms with Crippen LogP contribution in [0, 0.1) is 0 Å². The summed E-state index contributed by atoms with van der Waals surface area (Å²) in [5, 5.41) is 24.9. The van der Waals surface area contributed by atoms with Crippen molar-refractivity contribution >= 4 is 16.9 Å². The third kappa shape index (κ3) is 5.11. The maximum Gasteiger partial charge on any atom is 0.137 e. The van der Waals surface area contributed by atoms with Gasteiger partial charge in [-0.2, -0.15) is 5.10 Å². The lowest BCUT2D eigenvalue weighted by Gasteiger charge is -2.35. The van der Waals surface area contributed by atoms with Gasteiger partial charge in [-0.25, -0.2) is 9.97 Å². The van der Waals surface area contributed by atoms with Crippen LogP contribution in [0.3, 0.4) is 0 Å². The molecular formula is C29H31N7O2. The van der Waals surface area contributed by atoms with Gasteiger partial charge in [0, 0.05) is 85.2 Å². The van der Waals surface area contributed by atoms with E-state index in [0.29, 0.717) is 6.54 Å². The molecular weight excluding hydrogens is 478 g/mol. The fourth-order valence-corrected chi connectivity index (χ4v) is 5.11. The number of aliphatic hydroxyl groups excluding tert-OH is 1. The van der Waals surface area contributed by atoms with Crippen molar-refractivity contribution in [2.75, 3.05) is 37.6 Å². The van der Waals surface area contributed by atoms with Crippen molar-refractivity contribution in [2.45, 2.75) is 19.6 Å². The van der Waals surface area contributed by atoms with Crippen molar-refractivity contribution in [1.29, 1.82) is 0 Å². The first-order valence-corrected chi connectivity index (χ1v) is 12.9. The summed E-state index contributed by atoms with van der Waals surface area (Å²) in [5.74, 6) is 1.23. The molecule has 9 nitrogen and oxygen atoms in total. The normalized spacial score (nSPS) is 15.3. The number of H-pyrrole nitrogens is 1. The lowest BCUT2D eigenvalue weighted by Crippen LogP contribution is -2.48. The summed E-state index contributed by atoms with van der Waals surface area (Å²) in [6, 6.07) is 13.6.